The molecule has 254 valence electrons. The van der Waals surface area contributed by atoms with Crippen molar-refractivity contribution in [3.05, 3.63) is 41.7 Å². The largest absolute Gasteiger partial charge is 0.480 e. The molecule has 46 heavy (non-hydrogen) atoms. The number of nitriles is 1. The molecule has 2 unspecified atom stereocenters. The van der Waals surface area contributed by atoms with Crippen LogP contribution in [-0.2, 0) is 28.9 Å². The molecule has 0 aromatic heterocycles. The van der Waals surface area contributed by atoms with Crippen molar-refractivity contribution in [1.82, 2.24) is 20.4 Å². The number of allylic oxidation sites excluding steroid dienone is 1. The van der Waals surface area contributed by atoms with Gasteiger partial charge in [0.25, 0.3) is 0 Å². The van der Waals surface area contributed by atoms with Crippen LogP contribution in [-0.4, -0.2) is 107 Å². The topological polar surface area (TPSA) is 192 Å². The first-order chi connectivity index (χ1) is 21.5. The minimum Gasteiger partial charge on any atom is -0.480 e. The Balaban J connectivity index is 0.000000394. The highest BCUT2D eigenvalue weighted by Crippen LogP contribution is 2.18. The van der Waals surface area contributed by atoms with Crippen molar-refractivity contribution < 1.29 is 43.6 Å². The summed E-state index contributed by atoms with van der Waals surface area (Å²) >= 11 is 0. The maximum atomic E-state index is 12.1. The van der Waals surface area contributed by atoms with Crippen LogP contribution in [0, 0.1) is 11.3 Å². The van der Waals surface area contributed by atoms with E-state index in [9.17, 15) is 24.3 Å². The van der Waals surface area contributed by atoms with Crippen molar-refractivity contribution in [1.29, 1.82) is 5.26 Å². The van der Waals surface area contributed by atoms with Gasteiger partial charge in [-0.05, 0) is 53.6 Å². The van der Waals surface area contributed by atoms with Crippen LogP contribution < -0.4 is 10.6 Å². The Morgan fingerprint density at radius 1 is 1.00 bits per heavy atom. The van der Waals surface area contributed by atoms with Crippen LogP contribution in [0.4, 0.5) is 9.59 Å². The third-order valence-electron chi connectivity index (χ3n) is 5.78. The molecule has 3 rings (SSSR count). The van der Waals surface area contributed by atoms with E-state index in [4.69, 9.17) is 14.7 Å². The number of hydrogen-bond acceptors (Lipinski definition) is 12. The zero-order chi connectivity index (χ0) is 34.9. The quantitative estimate of drug-likeness (QED) is 0.139. The number of oxime groups is 1. The van der Waals surface area contributed by atoms with Gasteiger partial charge in [-0.3, -0.25) is 9.79 Å². The molecule has 15 nitrogen and oxygen atoms in total. The zero-order valence-corrected chi connectivity index (χ0v) is 27.8. The summed E-state index contributed by atoms with van der Waals surface area (Å²) in [5.41, 5.74) is -0.735. The average molecular weight is 647 g/mol. The number of nitrogens with zero attached hydrogens (tertiary/aromatic N) is 4. The molecule has 2 saturated heterocycles. The molecule has 3 N–H and O–H groups in total. The summed E-state index contributed by atoms with van der Waals surface area (Å²) in [6.07, 6.45) is -1.29. The Hall–Kier alpha value is -4.64. The van der Waals surface area contributed by atoms with Gasteiger partial charge in [0, 0.05) is 51.3 Å². The molecule has 0 spiro atoms. The first-order valence-corrected chi connectivity index (χ1v) is 14.7. The van der Waals surface area contributed by atoms with Gasteiger partial charge in [0.05, 0.1) is 6.54 Å². The second-order valence-corrected chi connectivity index (χ2v) is 12.2. The van der Waals surface area contributed by atoms with E-state index in [-0.39, 0.29) is 31.1 Å². The first-order valence-electron chi connectivity index (χ1n) is 14.7. The number of benzene rings is 1. The predicted octanol–water partition coefficient (Wildman–Crippen LogP) is 3.09. The van der Waals surface area contributed by atoms with E-state index >= 15 is 0 Å². The second-order valence-electron chi connectivity index (χ2n) is 12.2. The first kappa shape index (κ1) is 39.4. The number of carboxylic acid groups (broad SMARTS) is 1. The van der Waals surface area contributed by atoms with Gasteiger partial charge < -0.3 is 30.1 Å². The number of amides is 2. The monoisotopic (exact) mass is 646 g/mol. The van der Waals surface area contributed by atoms with Crippen LogP contribution in [0.25, 0.3) is 0 Å². The van der Waals surface area contributed by atoms with Gasteiger partial charge in [-0.25, -0.2) is 19.2 Å². The summed E-state index contributed by atoms with van der Waals surface area (Å²) in [6, 6.07) is 10.1. The van der Waals surface area contributed by atoms with Crippen molar-refractivity contribution >= 4 is 29.8 Å². The van der Waals surface area contributed by atoms with E-state index in [0.717, 1.165) is 24.5 Å². The third kappa shape index (κ3) is 15.9. The predicted molar refractivity (Wildman–Crippen MR) is 168 cm³/mol. The minimum absolute atomic E-state index is 0.0549. The number of hydrogen-bond donors (Lipinski definition) is 3. The van der Waals surface area contributed by atoms with Crippen LogP contribution in [0.15, 0.2) is 41.2 Å². The van der Waals surface area contributed by atoms with E-state index in [1.807, 2.05) is 12.1 Å². The summed E-state index contributed by atoms with van der Waals surface area (Å²) in [4.78, 5) is 56.9. The van der Waals surface area contributed by atoms with Crippen LogP contribution >= 0.6 is 0 Å². The van der Waals surface area contributed by atoms with E-state index in [1.165, 1.54) is 17.8 Å². The van der Waals surface area contributed by atoms with E-state index in [1.54, 1.807) is 65.8 Å². The summed E-state index contributed by atoms with van der Waals surface area (Å²) in [5.74, 6) is 0.170. The molecule has 0 aliphatic carbocycles. The molecule has 2 aliphatic rings. The number of ether oxygens (including phenoxy) is 2. The van der Waals surface area contributed by atoms with Gasteiger partial charge in [0.15, 0.2) is 17.7 Å². The van der Waals surface area contributed by atoms with Crippen molar-refractivity contribution in [2.75, 3.05) is 39.3 Å². The number of carboxylic acids is 1. The average Bonchev–Trinajstić information content (AvgIpc) is 2.98. The van der Waals surface area contributed by atoms with Gasteiger partial charge in [-0.2, -0.15) is 10.3 Å². The van der Waals surface area contributed by atoms with E-state index in [0.29, 0.717) is 11.6 Å². The molecule has 2 fully saturated rings. The van der Waals surface area contributed by atoms with E-state index in [2.05, 4.69) is 32.6 Å². The summed E-state index contributed by atoms with van der Waals surface area (Å²) < 4.78 is 10.5. The summed E-state index contributed by atoms with van der Waals surface area (Å²) in [6.45, 7) is 17.4. The van der Waals surface area contributed by atoms with Gasteiger partial charge in [-0.15, -0.1) is 0 Å². The summed E-state index contributed by atoms with van der Waals surface area (Å²) in [7, 11) is 0. The zero-order valence-electron chi connectivity index (χ0n) is 27.8. The molecule has 0 radical (unpaired) electrons. The Morgan fingerprint density at radius 3 is 2.07 bits per heavy atom. The fourth-order valence-electron chi connectivity index (χ4n) is 3.69. The second kappa shape index (κ2) is 19.0. The molecule has 15 heteroatoms. The molecule has 2 amide bonds. The maximum Gasteiger partial charge on any atom is 0.411 e. The van der Waals surface area contributed by atoms with Crippen molar-refractivity contribution in [3.8, 4) is 6.07 Å². The fourth-order valence-corrected chi connectivity index (χ4v) is 3.69. The van der Waals surface area contributed by atoms with Crippen LogP contribution in [0.1, 0.15) is 61.0 Å². The van der Waals surface area contributed by atoms with Gasteiger partial charge >= 0.3 is 18.2 Å². The normalized spacial score (nSPS) is 18.1. The summed E-state index contributed by atoms with van der Waals surface area (Å²) in [5, 5.41) is 28.2. The third-order valence-corrected chi connectivity index (χ3v) is 5.78. The number of carbonyl (C=O) groups excluding carboxylic acids is 3. The smallest absolute Gasteiger partial charge is 0.411 e. The Kier molecular flexibility index (Phi) is 16.3. The number of aliphatic carboxylic acids is 1. The molecule has 2 atom stereocenters. The number of piperazine rings is 2. The number of rotatable bonds is 5. The highest BCUT2D eigenvalue weighted by atomic mass is 17.3. The molecule has 2 aliphatic heterocycles. The van der Waals surface area contributed by atoms with Gasteiger partial charge in [-0.1, -0.05) is 30.3 Å². The molecular formula is C31H46N6O9. The Morgan fingerprint density at radius 2 is 1.61 bits per heavy atom. The molecular weight excluding hydrogens is 600 g/mol. The lowest BCUT2D eigenvalue weighted by Gasteiger charge is -2.39. The van der Waals surface area contributed by atoms with Crippen LogP contribution in [0.5, 0.6) is 0 Å². The van der Waals surface area contributed by atoms with Crippen molar-refractivity contribution in [2.45, 2.75) is 78.7 Å². The van der Waals surface area contributed by atoms with Crippen LogP contribution in [0.2, 0.25) is 0 Å². The standard InChI is InChI=1S/C15H26N2O6.C11H8N2O3.C5H12N2/c1-14(2,3)22-12(20)16-7-8-17(10(9-16)11(18)19)13(21)23-15(4,5)6;1-9(8-14)15-16-13-11(7-12)10-5-3-2-4-6-10;1-5-4-6-2-3-7-5/h10H,7-9H2,1-6H3,(H,18,19);2-6H,1H3;5-7H,2-4H2,1H3/b;13-11-;. The molecule has 0 saturated carbocycles. The SMILES string of the molecule is CC(=C=O)OO/N=C(/C#N)c1ccccc1.CC(C)(C)OC(=O)N1CCN(C(=O)OC(C)(C)C)C(C(=O)O)C1.CC1CNCCN1. The maximum absolute atomic E-state index is 12.1. The van der Waals surface area contributed by atoms with Gasteiger partial charge in [0.1, 0.15) is 17.3 Å². The lowest BCUT2D eigenvalue weighted by Crippen LogP contribution is -2.60. The van der Waals surface area contributed by atoms with Crippen LogP contribution in [0.3, 0.4) is 0 Å². The Bertz CT molecular complexity index is 1260. The minimum atomic E-state index is -1.19. The lowest BCUT2D eigenvalue weighted by molar-refractivity contribution is -0.260. The lowest BCUT2D eigenvalue weighted by atomic mass is 10.1. The molecule has 1 aromatic carbocycles. The Labute approximate surface area is 270 Å². The molecule has 0 bridgehead atoms. The fraction of sp³-hybridized carbons (Fsp3) is 0.581. The molecule has 2 heterocycles. The molecule has 1 aromatic rings. The van der Waals surface area contributed by atoms with Crippen molar-refractivity contribution in [2.24, 2.45) is 5.16 Å². The number of carbonyl (C=O) groups is 3. The number of nitrogens with one attached hydrogen (secondary N) is 2. The highest BCUT2D eigenvalue weighted by Gasteiger charge is 2.40. The highest BCUT2D eigenvalue weighted by molar-refractivity contribution is 6.11. The van der Waals surface area contributed by atoms with E-state index < -0.39 is 35.4 Å². The van der Waals surface area contributed by atoms with Gasteiger partial charge in [0.2, 0.25) is 5.76 Å². The van der Waals surface area contributed by atoms with Crippen molar-refractivity contribution in [3.63, 3.8) is 0 Å².